The molecule has 1 atom stereocenters. The van der Waals surface area contributed by atoms with Crippen LogP contribution < -0.4 is 0 Å². The number of halogens is 1. The number of nitrogens with zero attached hydrogens (tertiary/aromatic N) is 1. The van der Waals surface area contributed by atoms with Gasteiger partial charge in [0.1, 0.15) is 0 Å². The van der Waals surface area contributed by atoms with Gasteiger partial charge >= 0.3 is 5.97 Å². The number of hydrogen-bond donors (Lipinski definition) is 0. The molecular formula is C14H14BrNO4S. The van der Waals surface area contributed by atoms with Gasteiger partial charge in [-0.15, -0.1) is 0 Å². The van der Waals surface area contributed by atoms with Crippen LogP contribution in [0.1, 0.15) is 13.3 Å². The topological polar surface area (TPSA) is 72.8 Å². The third-order valence-corrected chi connectivity index (χ3v) is 5.77. The summed E-state index contributed by atoms with van der Waals surface area (Å²) in [5.74, 6) is -0.595. The number of allylic oxidation sites excluding steroid dienone is 1. The molecule has 21 heavy (non-hydrogen) atoms. The highest BCUT2D eigenvalue weighted by Crippen LogP contribution is 2.34. The minimum Gasteiger partial charge on any atom is -0.466 e. The van der Waals surface area contributed by atoms with Gasteiger partial charge in [0.25, 0.3) is 0 Å². The van der Waals surface area contributed by atoms with E-state index >= 15 is 0 Å². The maximum atomic E-state index is 12.8. The highest BCUT2D eigenvalue weighted by atomic mass is 79.9. The molecule has 1 aliphatic rings. The van der Waals surface area contributed by atoms with Crippen molar-refractivity contribution in [1.29, 1.82) is 0 Å². The Hall–Kier alpha value is -1.47. The molecule has 0 aromatic heterocycles. The van der Waals surface area contributed by atoms with Crippen LogP contribution in [0.2, 0.25) is 0 Å². The van der Waals surface area contributed by atoms with Crippen molar-refractivity contribution in [3.63, 3.8) is 0 Å². The molecule has 1 aliphatic heterocycles. The number of sulfone groups is 1. The number of hydrogen-bond acceptors (Lipinski definition) is 5. The standard InChI is InChI=1S/C14H14BrNO4S/c1-2-20-13(17)10-14(8-3-9-16-14)21(18,19)12-6-4-11(15)5-7-12/h3-9H,2,10H2,1H3. The molecule has 0 radical (unpaired) electrons. The number of benzene rings is 1. The van der Waals surface area contributed by atoms with Gasteiger partial charge in [-0.2, -0.15) is 0 Å². The van der Waals surface area contributed by atoms with Gasteiger partial charge in [-0.1, -0.05) is 15.9 Å². The van der Waals surface area contributed by atoms with E-state index < -0.39 is 20.7 Å². The first-order chi connectivity index (χ1) is 9.91. The van der Waals surface area contributed by atoms with Crippen molar-refractivity contribution in [3.05, 3.63) is 40.9 Å². The molecule has 1 heterocycles. The summed E-state index contributed by atoms with van der Waals surface area (Å²) in [5, 5.41) is 0. The summed E-state index contributed by atoms with van der Waals surface area (Å²) in [4.78, 5) is 14.2. The molecule has 0 bridgehead atoms. The summed E-state index contributed by atoms with van der Waals surface area (Å²) in [6.45, 7) is 1.86. The van der Waals surface area contributed by atoms with E-state index in [2.05, 4.69) is 20.9 Å². The summed E-state index contributed by atoms with van der Waals surface area (Å²) < 4.78 is 31.3. The molecule has 7 heteroatoms. The summed E-state index contributed by atoms with van der Waals surface area (Å²) >= 11 is 3.26. The number of ether oxygens (including phenoxy) is 1. The van der Waals surface area contributed by atoms with Crippen LogP contribution in [0.25, 0.3) is 0 Å². The third-order valence-electron chi connectivity index (χ3n) is 3.03. The molecule has 0 saturated carbocycles. The number of carbonyl (C=O) groups excluding carboxylic acids is 1. The Bertz CT molecular complexity index is 680. The molecule has 2 rings (SSSR count). The zero-order valence-electron chi connectivity index (χ0n) is 11.3. The van der Waals surface area contributed by atoms with E-state index in [9.17, 15) is 13.2 Å². The molecule has 0 fully saturated rings. The lowest BCUT2D eigenvalue weighted by Crippen LogP contribution is -2.36. The molecule has 5 nitrogen and oxygen atoms in total. The smallest absolute Gasteiger partial charge is 0.309 e. The fourth-order valence-electron chi connectivity index (χ4n) is 2.00. The monoisotopic (exact) mass is 371 g/mol. The highest BCUT2D eigenvalue weighted by molar-refractivity contribution is 9.10. The van der Waals surface area contributed by atoms with Gasteiger partial charge in [-0.25, -0.2) is 8.42 Å². The lowest BCUT2D eigenvalue weighted by atomic mass is 10.2. The maximum Gasteiger partial charge on any atom is 0.309 e. The second-order valence-electron chi connectivity index (χ2n) is 4.42. The van der Waals surface area contributed by atoms with Crippen LogP contribution in [0, 0.1) is 0 Å². The first kappa shape index (κ1) is 15.9. The van der Waals surface area contributed by atoms with E-state index in [1.165, 1.54) is 30.5 Å². The summed E-state index contributed by atoms with van der Waals surface area (Å²) in [6.07, 6.45) is 3.98. The number of carbonyl (C=O) groups is 1. The quantitative estimate of drug-likeness (QED) is 0.745. The molecule has 0 N–H and O–H groups in total. The van der Waals surface area contributed by atoms with Crippen molar-refractivity contribution in [2.45, 2.75) is 23.1 Å². The highest BCUT2D eigenvalue weighted by Gasteiger charge is 2.45. The lowest BCUT2D eigenvalue weighted by molar-refractivity contribution is -0.143. The number of aliphatic imine (C=N–C) groups is 1. The molecule has 1 aromatic rings. The van der Waals surface area contributed by atoms with Crippen molar-refractivity contribution < 1.29 is 17.9 Å². The molecule has 112 valence electrons. The average molecular weight is 372 g/mol. The molecule has 0 aliphatic carbocycles. The minimum absolute atomic E-state index is 0.110. The van der Waals surface area contributed by atoms with Crippen LogP contribution in [0.4, 0.5) is 0 Å². The van der Waals surface area contributed by atoms with E-state index in [0.29, 0.717) is 0 Å². The lowest BCUT2D eigenvalue weighted by Gasteiger charge is -2.23. The predicted molar refractivity (Wildman–Crippen MR) is 82.9 cm³/mol. The normalized spacial score (nSPS) is 20.7. The summed E-state index contributed by atoms with van der Waals surface area (Å²) in [7, 11) is -3.84. The Morgan fingerprint density at radius 3 is 2.52 bits per heavy atom. The van der Waals surface area contributed by atoms with Crippen LogP contribution in [-0.4, -0.2) is 32.1 Å². The number of esters is 1. The largest absolute Gasteiger partial charge is 0.466 e. The van der Waals surface area contributed by atoms with Crippen molar-refractivity contribution in [3.8, 4) is 0 Å². The maximum absolute atomic E-state index is 12.8. The first-order valence-electron chi connectivity index (χ1n) is 6.30. The second kappa shape index (κ2) is 6.11. The predicted octanol–water partition coefficient (Wildman–Crippen LogP) is 2.51. The Labute approximate surface area is 131 Å². The van der Waals surface area contributed by atoms with E-state index in [0.717, 1.165) is 4.47 Å². The molecule has 0 spiro atoms. The van der Waals surface area contributed by atoms with Crippen LogP contribution >= 0.6 is 15.9 Å². The van der Waals surface area contributed by atoms with Crippen LogP contribution in [0.15, 0.2) is 50.8 Å². The fourth-order valence-corrected chi connectivity index (χ4v) is 3.93. The van der Waals surface area contributed by atoms with Gasteiger partial charge in [-0.05, 0) is 43.3 Å². The fraction of sp³-hybridized carbons (Fsp3) is 0.286. The van der Waals surface area contributed by atoms with Gasteiger partial charge in [0.15, 0.2) is 4.87 Å². The second-order valence-corrected chi connectivity index (χ2v) is 7.52. The van der Waals surface area contributed by atoms with Crippen LogP contribution in [0.3, 0.4) is 0 Å². The van der Waals surface area contributed by atoms with Crippen molar-refractivity contribution >= 4 is 38.0 Å². The summed E-state index contributed by atoms with van der Waals surface area (Å²) in [5.41, 5.74) is 0. The van der Waals surface area contributed by atoms with Gasteiger partial charge in [0, 0.05) is 10.7 Å². The van der Waals surface area contributed by atoms with Gasteiger partial charge < -0.3 is 4.74 Å². The van der Waals surface area contributed by atoms with Gasteiger partial charge in [0.05, 0.1) is 17.9 Å². The van der Waals surface area contributed by atoms with Gasteiger partial charge in [0.2, 0.25) is 9.84 Å². The minimum atomic E-state index is -3.84. The zero-order chi connectivity index (χ0) is 15.5. The first-order valence-corrected chi connectivity index (χ1v) is 8.58. The Balaban J connectivity index is 2.42. The Morgan fingerprint density at radius 2 is 2.00 bits per heavy atom. The van der Waals surface area contributed by atoms with E-state index in [4.69, 9.17) is 4.74 Å². The average Bonchev–Trinajstić information content (AvgIpc) is 2.89. The summed E-state index contributed by atoms with van der Waals surface area (Å²) in [6, 6.07) is 6.22. The Morgan fingerprint density at radius 1 is 1.33 bits per heavy atom. The zero-order valence-corrected chi connectivity index (χ0v) is 13.7. The molecule has 0 saturated heterocycles. The molecular weight excluding hydrogens is 358 g/mol. The van der Waals surface area contributed by atoms with Crippen molar-refractivity contribution in [2.75, 3.05) is 6.61 Å². The van der Waals surface area contributed by atoms with Crippen molar-refractivity contribution in [1.82, 2.24) is 0 Å². The van der Waals surface area contributed by atoms with Crippen molar-refractivity contribution in [2.24, 2.45) is 4.99 Å². The van der Waals surface area contributed by atoms with E-state index in [-0.39, 0.29) is 17.9 Å². The Kier molecular flexibility index (Phi) is 4.63. The molecule has 1 unspecified atom stereocenters. The van der Waals surface area contributed by atoms with Crippen LogP contribution in [0.5, 0.6) is 0 Å². The third kappa shape index (κ3) is 3.08. The molecule has 0 amide bonds. The molecule has 1 aromatic carbocycles. The van der Waals surface area contributed by atoms with Gasteiger partial charge in [-0.3, -0.25) is 9.79 Å². The number of rotatable bonds is 5. The van der Waals surface area contributed by atoms with E-state index in [1.807, 2.05) is 0 Å². The van der Waals surface area contributed by atoms with E-state index in [1.54, 1.807) is 19.1 Å². The van der Waals surface area contributed by atoms with Crippen LogP contribution in [-0.2, 0) is 19.4 Å². The SMILES string of the molecule is CCOC(=O)CC1(S(=O)(=O)c2ccc(Br)cc2)C=CC=N1.